The molecular weight excluding hydrogens is 429 g/mol. The van der Waals surface area contributed by atoms with Gasteiger partial charge >= 0.3 is 0 Å². The number of carbonyl (C=O) groups is 1. The molecule has 1 saturated heterocycles. The number of rotatable bonds is 4. The van der Waals surface area contributed by atoms with Gasteiger partial charge in [-0.1, -0.05) is 29.8 Å². The average molecular weight is 452 g/mol. The lowest BCUT2D eigenvalue weighted by molar-refractivity contribution is -0.120. The predicted octanol–water partition coefficient (Wildman–Crippen LogP) is 2.76. The van der Waals surface area contributed by atoms with Crippen LogP contribution in [0.4, 0.5) is 10.1 Å². The number of carbonyl (C=O) groups excluding carboxylic acids is 1. The van der Waals surface area contributed by atoms with Gasteiger partial charge in [0, 0.05) is 38.4 Å². The normalized spacial score (nSPS) is 18.3. The number of aryl methyl sites for hydroxylation is 1. The van der Waals surface area contributed by atoms with E-state index < -0.39 is 15.8 Å². The van der Waals surface area contributed by atoms with Crippen LogP contribution >= 0.6 is 11.6 Å². The van der Waals surface area contributed by atoms with Crippen molar-refractivity contribution >= 4 is 33.2 Å². The van der Waals surface area contributed by atoms with E-state index in [0.717, 1.165) is 30.7 Å². The van der Waals surface area contributed by atoms with Crippen molar-refractivity contribution in [1.82, 2.24) is 9.21 Å². The Kier molecular flexibility index (Phi) is 6.11. The first kappa shape index (κ1) is 21.2. The highest BCUT2D eigenvalue weighted by Crippen LogP contribution is 2.27. The number of anilines is 1. The summed E-state index contributed by atoms with van der Waals surface area (Å²) in [6.07, 6.45) is 1.92. The standard InChI is InChI=1S/C21H23ClFN3O3S/c22-18-14-17(7-8-19(18)23)30(28,29)25-12-10-24(11-13-25)15-21(27)26-9-3-5-16-4-1-2-6-20(16)26/h1-2,4,6-8,14H,3,5,9-13,15H2. The highest BCUT2D eigenvalue weighted by molar-refractivity contribution is 7.89. The molecule has 0 spiro atoms. The number of para-hydroxylation sites is 1. The summed E-state index contributed by atoms with van der Waals surface area (Å²) in [7, 11) is -3.75. The monoisotopic (exact) mass is 451 g/mol. The number of benzene rings is 2. The quantitative estimate of drug-likeness (QED) is 0.717. The highest BCUT2D eigenvalue weighted by atomic mass is 35.5. The minimum Gasteiger partial charge on any atom is -0.311 e. The predicted molar refractivity (Wildman–Crippen MR) is 114 cm³/mol. The molecule has 0 unspecified atom stereocenters. The summed E-state index contributed by atoms with van der Waals surface area (Å²) in [5, 5.41) is -0.220. The van der Waals surface area contributed by atoms with Gasteiger partial charge in [0.05, 0.1) is 16.5 Å². The van der Waals surface area contributed by atoms with Gasteiger partial charge in [0.25, 0.3) is 0 Å². The van der Waals surface area contributed by atoms with Crippen LogP contribution < -0.4 is 4.90 Å². The molecule has 0 aliphatic carbocycles. The third-order valence-corrected chi connectivity index (χ3v) is 7.81. The van der Waals surface area contributed by atoms with Gasteiger partial charge in [-0.25, -0.2) is 12.8 Å². The van der Waals surface area contributed by atoms with Crippen molar-refractivity contribution in [2.24, 2.45) is 0 Å². The first-order chi connectivity index (χ1) is 14.4. The first-order valence-electron chi connectivity index (χ1n) is 9.92. The van der Waals surface area contributed by atoms with Crippen LogP contribution in [0.5, 0.6) is 0 Å². The van der Waals surface area contributed by atoms with Crippen molar-refractivity contribution in [2.45, 2.75) is 17.7 Å². The number of piperazine rings is 1. The van der Waals surface area contributed by atoms with E-state index in [4.69, 9.17) is 11.6 Å². The molecular formula is C21H23ClFN3O3S. The van der Waals surface area contributed by atoms with Gasteiger partial charge in [-0.2, -0.15) is 4.31 Å². The molecule has 0 N–H and O–H groups in total. The lowest BCUT2D eigenvalue weighted by Crippen LogP contribution is -2.52. The van der Waals surface area contributed by atoms with Gasteiger partial charge in [-0.05, 0) is 42.7 Å². The maximum Gasteiger partial charge on any atom is 0.243 e. The second-order valence-electron chi connectivity index (χ2n) is 7.53. The molecule has 2 aliphatic rings. The van der Waals surface area contributed by atoms with E-state index in [-0.39, 0.29) is 35.5 Å². The zero-order valence-electron chi connectivity index (χ0n) is 16.4. The van der Waals surface area contributed by atoms with Crippen LogP contribution in [-0.4, -0.2) is 62.8 Å². The maximum absolute atomic E-state index is 13.4. The van der Waals surface area contributed by atoms with Gasteiger partial charge in [-0.3, -0.25) is 9.69 Å². The summed E-state index contributed by atoms with van der Waals surface area (Å²) in [5.41, 5.74) is 2.16. The molecule has 0 saturated carbocycles. The number of nitrogens with zero attached hydrogens (tertiary/aromatic N) is 3. The fraction of sp³-hybridized carbons (Fsp3) is 0.381. The SMILES string of the molecule is O=C(CN1CCN(S(=O)(=O)c2ccc(F)c(Cl)c2)CC1)N1CCCc2ccccc21. The topological polar surface area (TPSA) is 60.9 Å². The summed E-state index contributed by atoms with van der Waals surface area (Å²) in [5.74, 6) is -0.623. The fourth-order valence-corrected chi connectivity index (χ4v) is 5.68. The van der Waals surface area contributed by atoms with E-state index in [0.29, 0.717) is 19.6 Å². The fourth-order valence-electron chi connectivity index (χ4n) is 3.98. The Hall–Kier alpha value is -2.00. The molecule has 1 fully saturated rings. The Balaban J connectivity index is 1.38. The van der Waals surface area contributed by atoms with E-state index in [1.54, 1.807) is 0 Å². The van der Waals surface area contributed by atoms with Gasteiger partial charge in [-0.15, -0.1) is 0 Å². The summed E-state index contributed by atoms with van der Waals surface area (Å²) < 4.78 is 40.4. The smallest absolute Gasteiger partial charge is 0.243 e. The Labute approximate surface area is 180 Å². The number of fused-ring (bicyclic) bond motifs is 1. The van der Waals surface area contributed by atoms with E-state index >= 15 is 0 Å². The van der Waals surface area contributed by atoms with Crippen molar-refractivity contribution in [2.75, 3.05) is 44.2 Å². The van der Waals surface area contributed by atoms with Crippen molar-refractivity contribution in [3.8, 4) is 0 Å². The summed E-state index contributed by atoms with van der Waals surface area (Å²) >= 11 is 5.74. The molecule has 6 nitrogen and oxygen atoms in total. The van der Waals surface area contributed by atoms with Gasteiger partial charge in [0.2, 0.25) is 15.9 Å². The number of hydrogen-bond acceptors (Lipinski definition) is 4. The van der Waals surface area contributed by atoms with E-state index in [2.05, 4.69) is 6.07 Å². The molecule has 0 bridgehead atoms. The van der Waals surface area contributed by atoms with Crippen LogP contribution in [0.3, 0.4) is 0 Å². The molecule has 30 heavy (non-hydrogen) atoms. The third-order valence-electron chi connectivity index (χ3n) is 5.63. The Morgan fingerprint density at radius 2 is 1.77 bits per heavy atom. The molecule has 0 aromatic heterocycles. The lowest BCUT2D eigenvalue weighted by atomic mass is 10.0. The third kappa shape index (κ3) is 4.23. The molecule has 2 aromatic carbocycles. The zero-order valence-corrected chi connectivity index (χ0v) is 18.0. The molecule has 0 atom stereocenters. The maximum atomic E-state index is 13.4. The highest BCUT2D eigenvalue weighted by Gasteiger charge is 2.31. The minimum absolute atomic E-state index is 0.0247. The molecule has 4 rings (SSSR count). The van der Waals surface area contributed by atoms with Crippen LogP contribution in [0.25, 0.3) is 0 Å². The molecule has 1 amide bonds. The summed E-state index contributed by atoms with van der Waals surface area (Å²) in [4.78, 5) is 16.7. The van der Waals surface area contributed by atoms with Gasteiger partial charge in [0.1, 0.15) is 5.82 Å². The van der Waals surface area contributed by atoms with Crippen LogP contribution in [0.1, 0.15) is 12.0 Å². The first-order valence-corrected chi connectivity index (χ1v) is 11.7. The molecule has 9 heteroatoms. The molecule has 2 heterocycles. The molecule has 2 aromatic rings. The van der Waals surface area contributed by atoms with Crippen molar-refractivity contribution in [3.63, 3.8) is 0 Å². The molecule has 2 aliphatic heterocycles. The van der Waals surface area contributed by atoms with E-state index in [1.165, 1.54) is 15.9 Å². The Bertz CT molecular complexity index is 1060. The van der Waals surface area contributed by atoms with Crippen molar-refractivity contribution in [3.05, 3.63) is 58.9 Å². The second-order valence-corrected chi connectivity index (χ2v) is 9.88. The lowest BCUT2D eigenvalue weighted by Gasteiger charge is -2.36. The summed E-state index contributed by atoms with van der Waals surface area (Å²) in [6.45, 7) is 2.40. The molecule has 0 radical (unpaired) electrons. The second kappa shape index (κ2) is 8.63. The van der Waals surface area contributed by atoms with Crippen molar-refractivity contribution < 1.29 is 17.6 Å². The number of hydrogen-bond donors (Lipinski definition) is 0. The summed E-state index contributed by atoms with van der Waals surface area (Å²) in [6, 6.07) is 11.4. The number of halogens is 2. The zero-order chi connectivity index (χ0) is 21.3. The number of sulfonamides is 1. The Morgan fingerprint density at radius 1 is 1.03 bits per heavy atom. The van der Waals surface area contributed by atoms with Gasteiger partial charge in [0.15, 0.2) is 0 Å². The van der Waals surface area contributed by atoms with E-state index in [1.807, 2.05) is 28.0 Å². The van der Waals surface area contributed by atoms with Crippen LogP contribution in [0.15, 0.2) is 47.4 Å². The average Bonchev–Trinajstić information content (AvgIpc) is 2.75. The van der Waals surface area contributed by atoms with Crippen LogP contribution in [-0.2, 0) is 21.2 Å². The Morgan fingerprint density at radius 3 is 2.50 bits per heavy atom. The largest absolute Gasteiger partial charge is 0.311 e. The van der Waals surface area contributed by atoms with E-state index in [9.17, 15) is 17.6 Å². The van der Waals surface area contributed by atoms with Gasteiger partial charge < -0.3 is 4.90 Å². The van der Waals surface area contributed by atoms with Crippen LogP contribution in [0.2, 0.25) is 5.02 Å². The van der Waals surface area contributed by atoms with Crippen molar-refractivity contribution in [1.29, 1.82) is 0 Å². The molecule has 160 valence electrons. The minimum atomic E-state index is -3.75. The van der Waals surface area contributed by atoms with Crippen LogP contribution in [0, 0.1) is 5.82 Å². The number of amides is 1.